The Bertz CT molecular complexity index is 992. The highest BCUT2D eigenvalue weighted by atomic mass is 16.5. The summed E-state index contributed by atoms with van der Waals surface area (Å²) in [5.41, 5.74) is 4.70. The Morgan fingerprint density at radius 2 is 1.59 bits per heavy atom. The van der Waals surface area contributed by atoms with E-state index in [0.29, 0.717) is 13.0 Å². The van der Waals surface area contributed by atoms with Crippen molar-refractivity contribution in [1.82, 2.24) is 10.6 Å². The Morgan fingerprint density at radius 1 is 0.912 bits per heavy atom. The van der Waals surface area contributed by atoms with E-state index < -0.39 is 12.1 Å². The Morgan fingerprint density at radius 3 is 2.26 bits per heavy atom. The summed E-state index contributed by atoms with van der Waals surface area (Å²) >= 11 is 0. The number of fused-ring (bicyclic) bond motifs is 3. The molecule has 0 bridgehead atoms. The van der Waals surface area contributed by atoms with Gasteiger partial charge in [-0.05, 0) is 47.9 Å². The molecule has 2 aliphatic carbocycles. The van der Waals surface area contributed by atoms with Gasteiger partial charge in [0, 0.05) is 24.9 Å². The number of carbonyl (C=O) groups is 3. The molecule has 0 saturated heterocycles. The molecule has 0 aromatic heterocycles. The number of rotatable bonds is 10. The first kappa shape index (κ1) is 23.8. The van der Waals surface area contributed by atoms with E-state index in [1.807, 2.05) is 24.3 Å². The zero-order valence-corrected chi connectivity index (χ0v) is 19.3. The SMILES string of the molecule is O=C(O)CCCCCNC(=O)[C@H]1CCC[C@H]1NC(=O)OCC1c2ccccc2-c2ccccc21. The van der Waals surface area contributed by atoms with Crippen molar-refractivity contribution in [2.24, 2.45) is 5.92 Å². The van der Waals surface area contributed by atoms with Crippen LogP contribution >= 0.6 is 0 Å². The molecule has 180 valence electrons. The number of unbranched alkanes of at least 4 members (excludes halogenated alkanes) is 2. The number of carboxylic acids is 1. The van der Waals surface area contributed by atoms with Crippen LogP contribution in [0.15, 0.2) is 48.5 Å². The number of amides is 2. The first-order valence-corrected chi connectivity index (χ1v) is 12.2. The van der Waals surface area contributed by atoms with Crippen LogP contribution in [-0.2, 0) is 14.3 Å². The summed E-state index contributed by atoms with van der Waals surface area (Å²) in [6, 6.07) is 16.2. The highest BCUT2D eigenvalue weighted by Gasteiger charge is 2.35. The molecular weight excluding hydrogens is 432 g/mol. The first-order valence-electron chi connectivity index (χ1n) is 12.2. The fourth-order valence-corrected chi connectivity index (χ4v) is 5.16. The molecule has 2 atom stereocenters. The van der Waals surface area contributed by atoms with Gasteiger partial charge in [-0.15, -0.1) is 0 Å². The number of hydrogen-bond donors (Lipinski definition) is 3. The molecule has 0 aliphatic heterocycles. The molecule has 0 heterocycles. The normalized spacial score (nSPS) is 18.7. The smallest absolute Gasteiger partial charge is 0.407 e. The number of aliphatic carboxylic acids is 1. The molecule has 3 N–H and O–H groups in total. The Kier molecular flexibility index (Phi) is 7.83. The summed E-state index contributed by atoms with van der Waals surface area (Å²) in [5.74, 6) is -1.11. The summed E-state index contributed by atoms with van der Waals surface area (Å²) in [6.45, 7) is 0.770. The number of carboxylic acid groups (broad SMARTS) is 1. The van der Waals surface area contributed by atoms with E-state index in [1.54, 1.807) is 0 Å². The van der Waals surface area contributed by atoms with Gasteiger partial charge in [0.2, 0.25) is 5.91 Å². The molecule has 1 fully saturated rings. The summed E-state index contributed by atoms with van der Waals surface area (Å²) in [7, 11) is 0. The molecule has 34 heavy (non-hydrogen) atoms. The van der Waals surface area contributed by atoms with Gasteiger partial charge in [-0.1, -0.05) is 61.4 Å². The molecule has 4 rings (SSSR count). The van der Waals surface area contributed by atoms with Gasteiger partial charge >= 0.3 is 12.1 Å². The highest BCUT2D eigenvalue weighted by molar-refractivity contribution is 5.81. The monoisotopic (exact) mass is 464 g/mol. The molecule has 2 aromatic carbocycles. The van der Waals surface area contributed by atoms with E-state index >= 15 is 0 Å². The van der Waals surface area contributed by atoms with Crippen LogP contribution < -0.4 is 10.6 Å². The lowest BCUT2D eigenvalue weighted by Crippen LogP contribution is -2.44. The highest BCUT2D eigenvalue weighted by Crippen LogP contribution is 2.44. The van der Waals surface area contributed by atoms with E-state index in [0.717, 1.165) is 43.2 Å². The maximum absolute atomic E-state index is 12.6. The number of carbonyl (C=O) groups excluding carboxylic acids is 2. The Balaban J connectivity index is 1.25. The fourth-order valence-electron chi connectivity index (χ4n) is 5.16. The van der Waals surface area contributed by atoms with Gasteiger partial charge in [0.1, 0.15) is 6.61 Å². The van der Waals surface area contributed by atoms with Crippen LogP contribution in [0.4, 0.5) is 4.79 Å². The second kappa shape index (κ2) is 11.2. The lowest BCUT2D eigenvalue weighted by molar-refractivity contribution is -0.137. The Labute approximate surface area is 199 Å². The van der Waals surface area contributed by atoms with Gasteiger partial charge < -0.3 is 20.5 Å². The van der Waals surface area contributed by atoms with Gasteiger partial charge in [-0.25, -0.2) is 4.79 Å². The van der Waals surface area contributed by atoms with Crippen LogP contribution in [0, 0.1) is 5.92 Å². The summed E-state index contributed by atoms with van der Waals surface area (Å²) < 4.78 is 5.64. The molecule has 0 unspecified atom stereocenters. The van der Waals surface area contributed by atoms with E-state index in [1.165, 1.54) is 11.1 Å². The van der Waals surface area contributed by atoms with Crippen LogP contribution in [0.3, 0.4) is 0 Å². The molecule has 2 aromatic rings. The van der Waals surface area contributed by atoms with Gasteiger partial charge in [0.15, 0.2) is 0 Å². The van der Waals surface area contributed by atoms with E-state index in [9.17, 15) is 14.4 Å². The third-order valence-electron chi connectivity index (χ3n) is 6.87. The Hall–Kier alpha value is -3.35. The predicted molar refractivity (Wildman–Crippen MR) is 128 cm³/mol. The molecule has 7 nitrogen and oxygen atoms in total. The number of ether oxygens (including phenoxy) is 1. The average Bonchev–Trinajstić information content (AvgIpc) is 3.42. The van der Waals surface area contributed by atoms with Gasteiger partial charge in [-0.2, -0.15) is 0 Å². The van der Waals surface area contributed by atoms with Crippen molar-refractivity contribution in [3.8, 4) is 11.1 Å². The number of benzene rings is 2. The molecule has 2 aliphatic rings. The van der Waals surface area contributed by atoms with E-state index in [-0.39, 0.29) is 36.8 Å². The topological polar surface area (TPSA) is 105 Å². The third-order valence-corrected chi connectivity index (χ3v) is 6.87. The van der Waals surface area contributed by atoms with Crippen molar-refractivity contribution in [2.45, 2.75) is 56.9 Å². The summed E-state index contributed by atoms with van der Waals surface area (Å²) in [5, 5.41) is 14.5. The quantitative estimate of drug-likeness (QED) is 0.451. The first-order chi connectivity index (χ1) is 16.5. The van der Waals surface area contributed by atoms with Gasteiger partial charge in [0.25, 0.3) is 0 Å². The summed E-state index contributed by atoms with van der Waals surface area (Å²) in [4.78, 5) is 35.8. The summed E-state index contributed by atoms with van der Waals surface area (Å²) in [6.07, 6.45) is 4.16. The maximum atomic E-state index is 12.6. The molecular formula is C27H32N2O5. The second-order valence-corrected chi connectivity index (χ2v) is 9.11. The fraction of sp³-hybridized carbons (Fsp3) is 0.444. The van der Waals surface area contributed by atoms with E-state index in [4.69, 9.17) is 9.84 Å². The molecule has 2 amide bonds. The average molecular weight is 465 g/mol. The van der Waals surface area contributed by atoms with Gasteiger partial charge in [0.05, 0.1) is 5.92 Å². The van der Waals surface area contributed by atoms with Crippen molar-refractivity contribution in [1.29, 1.82) is 0 Å². The van der Waals surface area contributed by atoms with Crippen molar-refractivity contribution < 1.29 is 24.2 Å². The molecule has 1 saturated carbocycles. The van der Waals surface area contributed by atoms with Crippen molar-refractivity contribution in [3.63, 3.8) is 0 Å². The van der Waals surface area contributed by atoms with Crippen LogP contribution in [0.25, 0.3) is 11.1 Å². The van der Waals surface area contributed by atoms with Crippen LogP contribution in [0.1, 0.15) is 62.0 Å². The number of alkyl carbamates (subject to hydrolysis) is 1. The minimum atomic E-state index is -0.794. The predicted octanol–water partition coefficient (Wildman–Crippen LogP) is 4.46. The minimum Gasteiger partial charge on any atom is -0.481 e. The second-order valence-electron chi connectivity index (χ2n) is 9.11. The molecule has 0 radical (unpaired) electrons. The van der Waals surface area contributed by atoms with Crippen LogP contribution in [0.5, 0.6) is 0 Å². The zero-order chi connectivity index (χ0) is 23.9. The minimum absolute atomic E-state index is 0.00181. The maximum Gasteiger partial charge on any atom is 0.407 e. The van der Waals surface area contributed by atoms with Gasteiger partial charge in [-0.3, -0.25) is 9.59 Å². The van der Waals surface area contributed by atoms with Crippen molar-refractivity contribution in [3.05, 3.63) is 59.7 Å². The third kappa shape index (κ3) is 5.58. The molecule has 7 heteroatoms. The lowest BCUT2D eigenvalue weighted by atomic mass is 9.98. The van der Waals surface area contributed by atoms with E-state index in [2.05, 4.69) is 34.9 Å². The largest absolute Gasteiger partial charge is 0.481 e. The number of hydrogen-bond acceptors (Lipinski definition) is 4. The zero-order valence-electron chi connectivity index (χ0n) is 19.3. The van der Waals surface area contributed by atoms with Crippen molar-refractivity contribution in [2.75, 3.05) is 13.2 Å². The van der Waals surface area contributed by atoms with Crippen molar-refractivity contribution >= 4 is 18.0 Å². The standard InChI is InChI=1S/C27H32N2O5/c30-25(31)15-2-1-7-16-28-26(32)22-13-8-14-24(22)29-27(33)34-17-23-20-11-5-3-9-18(20)19-10-4-6-12-21(19)23/h3-6,9-12,22-24H,1-2,7-8,13-17H2,(H,28,32)(H,29,33)(H,30,31)/t22-,24+/m0/s1. The molecule has 0 spiro atoms. The van der Waals surface area contributed by atoms with Crippen LogP contribution in [0.2, 0.25) is 0 Å². The number of nitrogens with one attached hydrogen (secondary N) is 2. The van der Waals surface area contributed by atoms with Crippen LogP contribution in [-0.4, -0.2) is 42.3 Å². The lowest BCUT2D eigenvalue weighted by Gasteiger charge is -2.21.